The molecule has 0 unspecified atom stereocenters. The van der Waals surface area contributed by atoms with Crippen LogP contribution in [0, 0.1) is 13.8 Å². The van der Waals surface area contributed by atoms with Crippen molar-refractivity contribution in [2.75, 3.05) is 5.73 Å². The van der Waals surface area contributed by atoms with Gasteiger partial charge in [-0.05, 0) is 48.2 Å². The summed E-state index contributed by atoms with van der Waals surface area (Å²) in [6, 6.07) is 14.4. The maximum absolute atomic E-state index is 5.78. The number of rotatable bonds is 1. The van der Waals surface area contributed by atoms with Gasteiger partial charge in [0, 0.05) is 5.69 Å². The quantitative estimate of drug-likeness (QED) is 0.695. The monoisotopic (exact) mass is 197 g/mol. The molecule has 0 saturated carbocycles. The average molecular weight is 197 g/mol. The van der Waals surface area contributed by atoms with E-state index in [4.69, 9.17) is 5.73 Å². The summed E-state index contributed by atoms with van der Waals surface area (Å²) in [6.45, 7) is 4.28. The molecule has 0 aliphatic rings. The number of benzene rings is 2. The lowest BCUT2D eigenvalue weighted by Gasteiger charge is -2.09. The van der Waals surface area contributed by atoms with Crippen molar-refractivity contribution < 1.29 is 0 Å². The van der Waals surface area contributed by atoms with Crippen LogP contribution in [0.25, 0.3) is 11.1 Å². The second-order valence-corrected chi connectivity index (χ2v) is 3.87. The molecule has 2 rings (SSSR count). The highest BCUT2D eigenvalue weighted by atomic mass is 14.5. The summed E-state index contributed by atoms with van der Waals surface area (Å²) in [4.78, 5) is 0. The van der Waals surface area contributed by atoms with Gasteiger partial charge in [0.1, 0.15) is 0 Å². The van der Waals surface area contributed by atoms with Gasteiger partial charge in [0.2, 0.25) is 0 Å². The van der Waals surface area contributed by atoms with Crippen LogP contribution in [-0.2, 0) is 0 Å². The smallest absolute Gasteiger partial charge is 0.0320 e. The molecular formula is C14H15N. The third-order valence-electron chi connectivity index (χ3n) is 2.80. The fourth-order valence-electron chi connectivity index (χ4n) is 1.77. The molecule has 0 radical (unpaired) electrons. The van der Waals surface area contributed by atoms with E-state index in [2.05, 4.69) is 38.1 Å². The van der Waals surface area contributed by atoms with Gasteiger partial charge in [-0.1, -0.05) is 30.3 Å². The van der Waals surface area contributed by atoms with E-state index in [-0.39, 0.29) is 0 Å². The van der Waals surface area contributed by atoms with Gasteiger partial charge in [0.15, 0.2) is 0 Å². The van der Waals surface area contributed by atoms with Crippen LogP contribution in [0.15, 0.2) is 42.5 Å². The van der Waals surface area contributed by atoms with Crippen molar-refractivity contribution >= 4 is 5.69 Å². The third-order valence-corrected chi connectivity index (χ3v) is 2.80. The van der Waals surface area contributed by atoms with E-state index >= 15 is 0 Å². The number of hydrogen-bond acceptors (Lipinski definition) is 1. The second kappa shape index (κ2) is 3.77. The first-order valence-electron chi connectivity index (χ1n) is 5.10. The third kappa shape index (κ3) is 1.86. The van der Waals surface area contributed by atoms with Crippen LogP contribution >= 0.6 is 0 Å². The number of anilines is 1. The molecular weight excluding hydrogens is 182 g/mol. The van der Waals surface area contributed by atoms with E-state index in [1.54, 1.807) is 0 Å². The molecule has 0 aliphatic heterocycles. The van der Waals surface area contributed by atoms with Crippen molar-refractivity contribution in [2.45, 2.75) is 13.8 Å². The van der Waals surface area contributed by atoms with Gasteiger partial charge < -0.3 is 5.73 Å². The lowest BCUT2D eigenvalue weighted by atomic mass is 9.97. The van der Waals surface area contributed by atoms with Crippen LogP contribution < -0.4 is 5.73 Å². The molecule has 2 N–H and O–H groups in total. The van der Waals surface area contributed by atoms with Crippen molar-refractivity contribution in [1.82, 2.24) is 0 Å². The normalized spacial score (nSPS) is 10.3. The number of hydrogen-bond donors (Lipinski definition) is 1. The van der Waals surface area contributed by atoms with E-state index < -0.39 is 0 Å². The largest absolute Gasteiger partial charge is 0.399 e. The molecule has 0 aromatic heterocycles. The zero-order valence-electron chi connectivity index (χ0n) is 9.12. The summed E-state index contributed by atoms with van der Waals surface area (Å²) < 4.78 is 0. The first kappa shape index (κ1) is 9.78. The van der Waals surface area contributed by atoms with Crippen molar-refractivity contribution in [1.29, 1.82) is 0 Å². The van der Waals surface area contributed by atoms with Crippen molar-refractivity contribution in [3.8, 4) is 11.1 Å². The lowest BCUT2D eigenvalue weighted by Crippen LogP contribution is -1.89. The van der Waals surface area contributed by atoms with E-state index in [9.17, 15) is 0 Å². The Balaban J connectivity index is 2.59. The minimum atomic E-state index is 0.813. The first-order chi connectivity index (χ1) is 7.18. The summed E-state index contributed by atoms with van der Waals surface area (Å²) in [5, 5.41) is 0. The molecule has 0 saturated heterocycles. The number of nitrogens with two attached hydrogens (primary N) is 1. The van der Waals surface area contributed by atoms with E-state index in [0.717, 1.165) is 5.69 Å². The van der Waals surface area contributed by atoms with E-state index in [1.807, 2.05) is 18.2 Å². The summed E-state index contributed by atoms with van der Waals surface area (Å²) in [6.07, 6.45) is 0. The molecule has 0 amide bonds. The van der Waals surface area contributed by atoms with Gasteiger partial charge in [0.05, 0.1) is 0 Å². The van der Waals surface area contributed by atoms with Crippen molar-refractivity contribution in [2.24, 2.45) is 0 Å². The molecule has 1 nitrogen and oxygen atoms in total. The highest BCUT2D eigenvalue weighted by molar-refractivity contribution is 5.71. The Morgan fingerprint density at radius 3 is 2.40 bits per heavy atom. The first-order valence-corrected chi connectivity index (χ1v) is 5.10. The Morgan fingerprint density at radius 2 is 1.67 bits per heavy atom. The van der Waals surface area contributed by atoms with Crippen LogP contribution in [-0.4, -0.2) is 0 Å². The van der Waals surface area contributed by atoms with Gasteiger partial charge in [-0.15, -0.1) is 0 Å². The molecule has 0 spiro atoms. The maximum Gasteiger partial charge on any atom is 0.0320 e. The maximum atomic E-state index is 5.78. The Labute approximate surface area is 90.6 Å². The lowest BCUT2D eigenvalue weighted by molar-refractivity contribution is 1.34. The molecule has 15 heavy (non-hydrogen) atoms. The molecule has 1 heteroatoms. The Bertz CT molecular complexity index is 486. The molecule has 0 atom stereocenters. The fourth-order valence-corrected chi connectivity index (χ4v) is 1.77. The molecule has 0 bridgehead atoms. The minimum Gasteiger partial charge on any atom is -0.399 e. The van der Waals surface area contributed by atoms with Crippen molar-refractivity contribution in [3.05, 3.63) is 53.6 Å². The van der Waals surface area contributed by atoms with Gasteiger partial charge >= 0.3 is 0 Å². The van der Waals surface area contributed by atoms with Crippen molar-refractivity contribution in [3.63, 3.8) is 0 Å². The molecule has 0 heterocycles. The predicted octanol–water partition coefficient (Wildman–Crippen LogP) is 3.55. The zero-order chi connectivity index (χ0) is 10.8. The summed E-state index contributed by atoms with van der Waals surface area (Å²) in [7, 11) is 0. The van der Waals surface area contributed by atoms with Gasteiger partial charge in [-0.25, -0.2) is 0 Å². The summed E-state index contributed by atoms with van der Waals surface area (Å²) in [5.74, 6) is 0. The Morgan fingerprint density at radius 1 is 0.933 bits per heavy atom. The summed E-state index contributed by atoms with van der Waals surface area (Å²) >= 11 is 0. The zero-order valence-corrected chi connectivity index (χ0v) is 9.12. The van der Waals surface area contributed by atoms with E-state index in [1.165, 1.54) is 22.3 Å². The van der Waals surface area contributed by atoms with Gasteiger partial charge in [-0.2, -0.15) is 0 Å². The molecule has 2 aromatic rings. The highest BCUT2D eigenvalue weighted by Gasteiger charge is 2.03. The fraction of sp³-hybridized carbons (Fsp3) is 0.143. The standard InChI is InChI=1S/C14H15N/c1-10-5-3-8-14(11(10)2)12-6-4-7-13(15)9-12/h3-9H,15H2,1-2H3. The number of aryl methyl sites for hydroxylation is 1. The van der Waals surface area contributed by atoms with Crippen LogP contribution in [0.2, 0.25) is 0 Å². The topological polar surface area (TPSA) is 26.0 Å². The SMILES string of the molecule is Cc1cccc(-c2cccc(N)c2)c1C. The Kier molecular flexibility index (Phi) is 2.46. The van der Waals surface area contributed by atoms with Gasteiger partial charge in [-0.3, -0.25) is 0 Å². The molecule has 76 valence electrons. The second-order valence-electron chi connectivity index (χ2n) is 3.87. The predicted molar refractivity (Wildman–Crippen MR) is 65.8 cm³/mol. The van der Waals surface area contributed by atoms with Crippen LogP contribution in [0.3, 0.4) is 0 Å². The highest BCUT2D eigenvalue weighted by Crippen LogP contribution is 2.26. The average Bonchev–Trinajstić information content (AvgIpc) is 2.22. The molecule has 0 fully saturated rings. The molecule has 0 aliphatic carbocycles. The molecule has 2 aromatic carbocycles. The van der Waals surface area contributed by atoms with Crippen LogP contribution in [0.5, 0.6) is 0 Å². The summed E-state index contributed by atoms with van der Waals surface area (Å²) in [5.41, 5.74) is 11.7. The van der Waals surface area contributed by atoms with Gasteiger partial charge in [0.25, 0.3) is 0 Å². The number of nitrogen functional groups attached to an aromatic ring is 1. The Hall–Kier alpha value is -1.76. The van der Waals surface area contributed by atoms with Crippen LogP contribution in [0.1, 0.15) is 11.1 Å². The minimum absolute atomic E-state index is 0.813. The van der Waals surface area contributed by atoms with Crippen LogP contribution in [0.4, 0.5) is 5.69 Å². The van der Waals surface area contributed by atoms with E-state index in [0.29, 0.717) is 0 Å².